The number of carbonyl (C=O) groups excluding carboxylic acids is 1. The van der Waals surface area contributed by atoms with Crippen LogP contribution in [0.4, 0.5) is 0 Å². The lowest BCUT2D eigenvalue weighted by molar-refractivity contribution is 0.0996. The molecule has 1 aromatic heterocycles. The number of ether oxygens (including phenoxy) is 2. The molecule has 0 saturated carbocycles. The van der Waals surface area contributed by atoms with Crippen molar-refractivity contribution in [1.29, 1.82) is 0 Å². The molecule has 6 heteroatoms. The van der Waals surface area contributed by atoms with Crippen molar-refractivity contribution in [2.45, 2.75) is 26.8 Å². The van der Waals surface area contributed by atoms with Gasteiger partial charge < -0.3 is 14.0 Å². The van der Waals surface area contributed by atoms with E-state index in [2.05, 4.69) is 17.1 Å². The first-order chi connectivity index (χ1) is 16.2. The van der Waals surface area contributed by atoms with E-state index in [4.69, 9.17) is 9.47 Å². The summed E-state index contributed by atoms with van der Waals surface area (Å²) < 4.78 is 14.5. The number of fused-ring (bicyclic) bond motifs is 1. The topological polar surface area (TPSA) is 52.8 Å². The van der Waals surface area contributed by atoms with Crippen LogP contribution in [0.3, 0.4) is 0 Å². The van der Waals surface area contributed by atoms with Gasteiger partial charge in [0.1, 0.15) is 11.3 Å². The number of carbonyl (C=O) groups is 1. The Labute approximate surface area is 198 Å². The normalized spacial score (nSPS) is 11.8. The SMILES string of the molecule is CCOCCn1c(=NC(=O)c2ccc(Cc3ccccc3)cc2)sc2cccc(OCC)c21. The largest absolute Gasteiger partial charge is 0.492 e. The van der Waals surface area contributed by atoms with E-state index in [0.717, 1.165) is 28.0 Å². The number of amides is 1. The molecule has 1 amide bonds. The number of benzene rings is 3. The van der Waals surface area contributed by atoms with Gasteiger partial charge in [0.25, 0.3) is 5.91 Å². The maximum atomic E-state index is 13.0. The second-order valence-corrected chi connectivity index (χ2v) is 8.55. The third kappa shape index (κ3) is 5.59. The Kier molecular flexibility index (Phi) is 7.70. The molecule has 0 aliphatic rings. The monoisotopic (exact) mass is 460 g/mol. The molecular formula is C27H28N2O3S. The van der Waals surface area contributed by atoms with E-state index in [1.165, 1.54) is 16.9 Å². The van der Waals surface area contributed by atoms with Gasteiger partial charge in [-0.25, -0.2) is 0 Å². The van der Waals surface area contributed by atoms with Gasteiger partial charge in [-0.15, -0.1) is 0 Å². The average Bonchev–Trinajstić information content (AvgIpc) is 3.18. The van der Waals surface area contributed by atoms with E-state index >= 15 is 0 Å². The molecule has 0 atom stereocenters. The van der Waals surface area contributed by atoms with Crippen molar-refractivity contribution in [3.05, 3.63) is 94.3 Å². The summed E-state index contributed by atoms with van der Waals surface area (Å²) in [5, 5.41) is 0. The minimum atomic E-state index is -0.254. The molecule has 1 heterocycles. The molecule has 0 aliphatic heterocycles. The highest BCUT2D eigenvalue weighted by molar-refractivity contribution is 7.16. The summed E-state index contributed by atoms with van der Waals surface area (Å²) >= 11 is 1.49. The summed E-state index contributed by atoms with van der Waals surface area (Å²) in [4.78, 5) is 18.2. The van der Waals surface area contributed by atoms with E-state index in [0.29, 0.717) is 36.7 Å². The van der Waals surface area contributed by atoms with Gasteiger partial charge in [0, 0.05) is 18.7 Å². The van der Waals surface area contributed by atoms with E-state index < -0.39 is 0 Å². The molecule has 5 nitrogen and oxygen atoms in total. The molecule has 170 valence electrons. The minimum Gasteiger partial charge on any atom is -0.492 e. The second kappa shape index (κ2) is 11.1. The number of hydrogen-bond acceptors (Lipinski definition) is 4. The molecule has 33 heavy (non-hydrogen) atoms. The molecule has 0 N–H and O–H groups in total. The van der Waals surface area contributed by atoms with Crippen molar-refractivity contribution in [1.82, 2.24) is 4.57 Å². The fourth-order valence-corrected chi connectivity index (χ4v) is 4.78. The van der Waals surface area contributed by atoms with Gasteiger partial charge in [0.15, 0.2) is 4.80 Å². The number of hydrogen-bond donors (Lipinski definition) is 0. The first-order valence-corrected chi connectivity index (χ1v) is 12.1. The highest BCUT2D eigenvalue weighted by Gasteiger charge is 2.13. The van der Waals surface area contributed by atoms with Crippen molar-refractivity contribution in [3.63, 3.8) is 0 Å². The third-order valence-corrected chi connectivity index (χ3v) is 6.32. The smallest absolute Gasteiger partial charge is 0.279 e. The Balaban J connectivity index is 1.65. The summed E-state index contributed by atoms with van der Waals surface area (Å²) in [6.07, 6.45) is 0.834. The van der Waals surface area contributed by atoms with Crippen molar-refractivity contribution in [2.75, 3.05) is 19.8 Å². The lowest BCUT2D eigenvalue weighted by atomic mass is 10.0. The van der Waals surface area contributed by atoms with Gasteiger partial charge in [0.05, 0.1) is 17.9 Å². The van der Waals surface area contributed by atoms with E-state index in [-0.39, 0.29) is 5.91 Å². The van der Waals surface area contributed by atoms with Gasteiger partial charge in [-0.2, -0.15) is 4.99 Å². The molecule has 4 rings (SSSR count). The Bertz CT molecular complexity index is 1270. The average molecular weight is 461 g/mol. The lowest BCUT2D eigenvalue weighted by Gasteiger charge is -2.10. The molecule has 3 aromatic carbocycles. The maximum Gasteiger partial charge on any atom is 0.279 e. The number of rotatable bonds is 9. The molecule has 4 aromatic rings. The van der Waals surface area contributed by atoms with Gasteiger partial charge in [-0.3, -0.25) is 4.79 Å². The summed E-state index contributed by atoms with van der Waals surface area (Å²) in [7, 11) is 0. The van der Waals surface area contributed by atoms with Crippen LogP contribution in [0, 0.1) is 0 Å². The lowest BCUT2D eigenvalue weighted by Crippen LogP contribution is -2.20. The van der Waals surface area contributed by atoms with Crippen LogP contribution in [0.25, 0.3) is 10.2 Å². The second-order valence-electron chi connectivity index (χ2n) is 7.55. The van der Waals surface area contributed by atoms with E-state index in [9.17, 15) is 4.79 Å². The molecule has 0 unspecified atom stereocenters. The third-order valence-electron chi connectivity index (χ3n) is 5.28. The Morgan fingerprint density at radius 1 is 0.909 bits per heavy atom. The van der Waals surface area contributed by atoms with Gasteiger partial charge in [-0.1, -0.05) is 59.9 Å². The molecular weight excluding hydrogens is 432 g/mol. The van der Waals surface area contributed by atoms with Crippen LogP contribution in [-0.2, 0) is 17.7 Å². The van der Waals surface area contributed by atoms with Gasteiger partial charge >= 0.3 is 0 Å². The van der Waals surface area contributed by atoms with E-state index in [1.54, 1.807) is 0 Å². The zero-order valence-corrected chi connectivity index (χ0v) is 19.8. The van der Waals surface area contributed by atoms with Crippen molar-refractivity contribution in [3.8, 4) is 5.75 Å². The van der Waals surface area contributed by atoms with Crippen LogP contribution in [0.5, 0.6) is 5.75 Å². The van der Waals surface area contributed by atoms with E-state index in [1.807, 2.05) is 79.1 Å². The van der Waals surface area contributed by atoms with Crippen LogP contribution >= 0.6 is 11.3 Å². The predicted molar refractivity (Wildman–Crippen MR) is 133 cm³/mol. The van der Waals surface area contributed by atoms with Crippen molar-refractivity contribution < 1.29 is 14.3 Å². The van der Waals surface area contributed by atoms with Crippen LogP contribution in [0.2, 0.25) is 0 Å². The standard InChI is InChI=1S/C27H28N2O3S/c1-3-31-18-17-29-25-23(32-4-2)11-8-12-24(25)33-27(29)28-26(30)22-15-13-21(14-16-22)19-20-9-6-5-7-10-20/h5-16H,3-4,17-19H2,1-2H3. The van der Waals surface area contributed by atoms with Crippen LogP contribution in [0.15, 0.2) is 77.8 Å². The van der Waals surface area contributed by atoms with Gasteiger partial charge in [0.2, 0.25) is 0 Å². The highest BCUT2D eigenvalue weighted by atomic mass is 32.1. The first kappa shape index (κ1) is 23.0. The molecule has 0 radical (unpaired) electrons. The quantitative estimate of drug-likeness (QED) is 0.311. The molecule has 0 saturated heterocycles. The zero-order valence-electron chi connectivity index (χ0n) is 19.0. The number of nitrogens with zero attached hydrogens (tertiary/aromatic N) is 2. The number of para-hydroxylation sites is 1. The maximum absolute atomic E-state index is 13.0. The van der Waals surface area contributed by atoms with Crippen LogP contribution < -0.4 is 9.54 Å². The Morgan fingerprint density at radius 3 is 2.39 bits per heavy atom. The Morgan fingerprint density at radius 2 is 1.67 bits per heavy atom. The van der Waals surface area contributed by atoms with Crippen molar-refractivity contribution in [2.24, 2.45) is 4.99 Å². The summed E-state index contributed by atoms with van der Waals surface area (Å²) in [6.45, 7) is 6.28. The first-order valence-electron chi connectivity index (χ1n) is 11.2. The molecule has 0 spiro atoms. The summed E-state index contributed by atoms with van der Waals surface area (Å²) in [5.41, 5.74) is 3.93. The van der Waals surface area contributed by atoms with Crippen LogP contribution in [-0.4, -0.2) is 30.3 Å². The fraction of sp³-hybridized carbons (Fsp3) is 0.259. The molecule has 0 bridgehead atoms. The van der Waals surface area contributed by atoms with Crippen LogP contribution in [0.1, 0.15) is 35.3 Å². The van der Waals surface area contributed by atoms with Gasteiger partial charge in [-0.05, 0) is 55.7 Å². The number of aromatic nitrogens is 1. The molecule has 0 fully saturated rings. The molecule has 0 aliphatic carbocycles. The number of thiazole rings is 1. The highest BCUT2D eigenvalue weighted by Crippen LogP contribution is 2.27. The predicted octanol–water partition coefficient (Wildman–Crippen LogP) is 5.47. The Hall–Kier alpha value is -3.22. The minimum absolute atomic E-state index is 0.254. The summed E-state index contributed by atoms with van der Waals surface area (Å²) in [5.74, 6) is 0.540. The van der Waals surface area contributed by atoms with Crippen molar-refractivity contribution >= 4 is 27.5 Å². The fourth-order valence-electron chi connectivity index (χ4n) is 3.71. The summed E-state index contributed by atoms with van der Waals surface area (Å²) in [6, 6.07) is 23.9. The zero-order chi connectivity index (χ0) is 23.0.